The predicted octanol–water partition coefficient (Wildman–Crippen LogP) is 3.62. The molecule has 2 nitrogen and oxygen atoms in total. The van der Waals surface area contributed by atoms with Crippen molar-refractivity contribution < 1.29 is 13.9 Å². The fraction of sp³-hybridized carbons (Fsp3) is 0.176. The fourth-order valence-electron chi connectivity index (χ4n) is 2.69. The first-order chi connectivity index (χ1) is 10.0. The molecule has 0 amide bonds. The van der Waals surface area contributed by atoms with Gasteiger partial charge in [0, 0.05) is 0 Å². The van der Waals surface area contributed by atoms with Crippen molar-refractivity contribution in [3.8, 4) is 0 Å². The largest absolute Gasteiger partial charge is 0.390 e. The molecular formula is C17H15F2NO. The molecule has 3 rings (SSSR count). The summed E-state index contributed by atoms with van der Waals surface area (Å²) in [5, 5.41) is 12.0. The van der Waals surface area contributed by atoms with Crippen molar-refractivity contribution in [2.45, 2.75) is 12.0 Å². The van der Waals surface area contributed by atoms with Gasteiger partial charge in [-0.05, 0) is 33.2 Å². The molecular weight excluding hydrogens is 272 g/mol. The normalized spacial score (nSPS) is 13.7. The van der Waals surface area contributed by atoms with E-state index < -0.39 is 18.6 Å². The number of nitrogens with two attached hydrogens (primary N) is 1. The van der Waals surface area contributed by atoms with Gasteiger partial charge in [-0.3, -0.25) is 0 Å². The Kier molecular flexibility index (Phi) is 3.35. The maximum absolute atomic E-state index is 13.9. The van der Waals surface area contributed by atoms with Gasteiger partial charge < -0.3 is 10.8 Å². The monoisotopic (exact) mass is 287 g/mol. The summed E-state index contributed by atoms with van der Waals surface area (Å²) in [5.41, 5.74) is 6.18. The van der Waals surface area contributed by atoms with Gasteiger partial charge in [-0.2, -0.15) is 0 Å². The highest BCUT2D eigenvalue weighted by Gasteiger charge is 2.38. The Morgan fingerprint density at radius 1 is 0.952 bits per heavy atom. The van der Waals surface area contributed by atoms with Gasteiger partial charge in [0.2, 0.25) is 0 Å². The van der Waals surface area contributed by atoms with Crippen LogP contribution in [0.15, 0.2) is 54.6 Å². The van der Waals surface area contributed by atoms with E-state index in [4.69, 9.17) is 10.8 Å². The second-order valence-corrected chi connectivity index (χ2v) is 5.13. The molecule has 0 bridgehead atoms. The highest BCUT2D eigenvalue weighted by molar-refractivity contribution is 6.02. The zero-order valence-electron chi connectivity index (χ0n) is 11.3. The lowest BCUT2D eigenvalue weighted by Crippen LogP contribution is -2.36. The highest BCUT2D eigenvalue weighted by atomic mass is 19.3. The highest BCUT2D eigenvalue weighted by Crippen LogP contribution is 2.38. The minimum absolute atomic E-state index is 0.378. The topological polar surface area (TPSA) is 46.2 Å². The van der Waals surface area contributed by atoms with Crippen molar-refractivity contribution in [3.63, 3.8) is 0 Å². The van der Waals surface area contributed by atoms with Crippen LogP contribution >= 0.6 is 0 Å². The molecule has 0 radical (unpaired) electrons. The Morgan fingerprint density at radius 3 is 1.90 bits per heavy atom. The summed E-state index contributed by atoms with van der Waals surface area (Å²) in [7, 11) is 0. The fourth-order valence-corrected chi connectivity index (χ4v) is 2.69. The van der Waals surface area contributed by atoms with Crippen molar-refractivity contribution in [2.24, 2.45) is 5.73 Å². The van der Waals surface area contributed by atoms with E-state index in [9.17, 15) is 8.78 Å². The van der Waals surface area contributed by atoms with Crippen LogP contribution in [0.4, 0.5) is 8.78 Å². The van der Waals surface area contributed by atoms with Gasteiger partial charge in [0.25, 0.3) is 5.92 Å². The Hall–Kier alpha value is -2.04. The number of alkyl halides is 2. The number of aliphatic hydroxyl groups is 1. The van der Waals surface area contributed by atoms with Crippen LogP contribution in [0.2, 0.25) is 0 Å². The molecule has 0 aromatic heterocycles. The molecule has 108 valence electrons. The van der Waals surface area contributed by atoms with Crippen molar-refractivity contribution in [3.05, 3.63) is 60.2 Å². The Labute approximate surface area is 120 Å². The van der Waals surface area contributed by atoms with E-state index >= 15 is 0 Å². The first kappa shape index (κ1) is 13.9. The third-order valence-corrected chi connectivity index (χ3v) is 3.79. The van der Waals surface area contributed by atoms with Crippen LogP contribution in [0.5, 0.6) is 0 Å². The van der Waals surface area contributed by atoms with Crippen LogP contribution in [-0.2, 0) is 0 Å². The predicted molar refractivity (Wildman–Crippen MR) is 80.4 cm³/mol. The lowest BCUT2D eigenvalue weighted by atomic mass is 9.90. The standard InChI is InChI=1S/C17H15F2NO/c18-17(19,10-21)16(20)15-13-7-3-1-5-11(13)9-12-6-2-4-8-14(12)15/h1-9,16,21H,10,20H2/t16-/m1/s1. The zero-order valence-corrected chi connectivity index (χ0v) is 11.3. The summed E-state index contributed by atoms with van der Waals surface area (Å²) in [6.45, 7) is -1.27. The molecule has 4 heteroatoms. The van der Waals surface area contributed by atoms with Gasteiger partial charge in [0.1, 0.15) is 6.61 Å². The molecule has 0 unspecified atom stereocenters. The van der Waals surface area contributed by atoms with Crippen LogP contribution < -0.4 is 5.73 Å². The van der Waals surface area contributed by atoms with Gasteiger partial charge in [-0.25, -0.2) is 8.78 Å². The van der Waals surface area contributed by atoms with E-state index in [-0.39, 0.29) is 0 Å². The summed E-state index contributed by atoms with van der Waals surface area (Å²) in [4.78, 5) is 0. The average Bonchev–Trinajstić information content (AvgIpc) is 2.51. The minimum Gasteiger partial charge on any atom is -0.390 e. The summed E-state index contributed by atoms with van der Waals surface area (Å²) in [6, 6.07) is 15.0. The molecule has 3 aromatic rings. The van der Waals surface area contributed by atoms with Gasteiger partial charge in [0.15, 0.2) is 0 Å². The van der Waals surface area contributed by atoms with Gasteiger partial charge in [-0.15, -0.1) is 0 Å². The molecule has 21 heavy (non-hydrogen) atoms. The first-order valence-corrected chi connectivity index (χ1v) is 6.69. The number of hydrogen-bond acceptors (Lipinski definition) is 2. The van der Waals surface area contributed by atoms with Crippen LogP contribution in [0.25, 0.3) is 21.5 Å². The van der Waals surface area contributed by atoms with Crippen molar-refractivity contribution in [2.75, 3.05) is 6.61 Å². The number of aliphatic hydroxyl groups excluding tert-OH is 1. The molecule has 0 saturated heterocycles. The van der Waals surface area contributed by atoms with E-state index in [1.807, 2.05) is 30.3 Å². The molecule has 0 aliphatic rings. The number of halogens is 2. The van der Waals surface area contributed by atoms with Gasteiger partial charge in [-0.1, -0.05) is 48.5 Å². The van der Waals surface area contributed by atoms with E-state index in [1.54, 1.807) is 24.3 Å². The third-order valence-electron chi connectivity index (χ3n) is 3.79. The second kappa shape index (κ2) is 5.06. The third kappa shape index (κ3) is 2.26. The quantitative estimate of drug-likeness (QED) is 0.723. The van der Waals surface area contributed by atoms with E-state index in [2.05, 4.69) is 0 Å². The SMILES string of the molecule is N[C@H](c1c2ccccc2cc2ccccc12)C(F)(F)CO. The maximum Gasteiger partial charge on any atom is 0.289 e. The molecule has 0 aliphatic carbocycles. The zero-order chi connectivity index (χ0) is 15.0. The van der Waals surface area contributed by atoms with E-state index in [1.165, 1.54) is 0 Å². The van der Waals surface area contributed by atoms with Crippen LogP contribution in [-0.4, -0.2) is 17.6 Å². The molecule has 0 spiro atoms. The van der Waals surface area contributed by atoms with Crippen LogP contribution in [0, 0.1) is 0 Å². The lowest BCUT2D eigenvalue weighted by molar-refractivity contribution is -0.0705. The van der Waals surface area contributed by atoms with Gasteiger partial charge in [0.05, 0.1) is 6.04 Å². The van der Waals surface area contributed by atoms with E-state index in [0.29, 0.717) is 16.3 Å². The Bertz CT molecular complexity index is 747. The van der Waals surface area contributed by atoms with Gasteiger partial charge >= 0.3 is 0 Å². The maximum atomic E-state index is 13.9. The summed E-state index contributed by atoms with van der Waals surface area (Å²) in [6.07, 6.45) is 0. The van der Waals surface area contributed by atoms with Crippen molar-refractivity contribution >= 4 is 21.5 Å². The van der Waals surface area contributed by atoms with E-state index in [0.717, 1.165) is 10.8 Å². The summed E-state index contributed by atoms with van der Waals surface area (Å²) >= 11 is 0. The lowest BCUT2D eigenvalue weighted by Gasteiger charge is -2.24. The Balaban J connectivity index is 2.40. The number of hydrogen-bond donors (Lipinski definition) is 2. The second-order valence-electron chi connectivity index (χ2n) is 5.13. The minimum atomic E-state index is -3.37. The Morgan fingerprint density at radius 2 is 1.43 bits per heavy atom. The summed E-state index contributed by atoms with van der Waals surface area (Å²) in [5.74, 6) is -3.37. The smallest absolute Gasteiger partial charge is 0.289 e. The molecule has 0 saturated carbocycles. The molecule has 3 N–H and O–H groups in total. The molecule has 0 heterocycles. The van der Waals surface area contributed by atoms with Crippen LogP contribution in [0.3, 0.4) is 0 Å². The molecule has 1 atom stereocenters. The van der Waals surface area contributed by atoms with Crippen molar-refractivity contribution in [1.82, 2.24) is 0 Å². The molecule has 0 fully saturated rings. The average molecular weight is 287 g/mol. The molecule has 0 aliphatic heterocycles. The number of benzene rings is 3. The summed E-state index contributed by atoms with van der Waals surface area (Å²) < 4.78 is 27.8. The molecule has 3 aromatic carbocycles. The number of fused-ring (bicyclic) bond motifs is 2. The first-order valence-electron chi connectivity index (χ1n) is 6.69. The van der Waals surface area contributed by atoms with Crippen molar-refractivity contribution in [1.29, 1.82) is 0 Å². The number of rotatable bonds is 3. The van der Waals surface area contributed by atoms with Crippen LogP contribution in [0.1, 0.15) is 11.6 Å².